The molecule has 2 heterocycles. The summed E-state index contributed by atoms with van der Waals surface area (Å²) in [4.78, 5) is 8.11. The van der Waals surface area contributed by atoms with Gasteiger partial charge < -0.3 is 4.42 Å². The number of nitrogens with zero attached hydrogens (tertiary/aromatic N) is 3. The predicted octanol–water partition coefficient (Wildman–Crippen LogP) is 1.66. The molecule has 4 nitrogen and oxygen atoms in total. The van der Waals surface area contributed by atoms with Gasteiger partial charge in [0.2, 0.25) is 0 Å². The van der Waals surface area contributed by atoms with Crippen LogP contribution in [0.2, 0.25) is 0 Å². The van der Waals surface area contributed by atoms with Gasteiger partial charge in [-0.1, -0.05) is 6.92 Å². The smallest absolute Gasteiger partial charge is 0.200 e. The van der Waals surface area contributed by atoms with Crippen LogP contribution in [0.5, 0.6) is 0 Å². The van der Waals surface area contributed by atoms with Crippen LogP contribution in [0, 0.1) is 11.3 Å². The van der Waals surface area contributed by atoms with Gasteiger partial charge in [0.15, 0.2) is 17.1 Å². The molecular formula is C9H7N3O. The third kappa shape index (κ3) is 1.25. The first-order chi connectivity index (χ1) is 6.33. The van der Waals surface area contributed by atoms with Gasteiger partial charge in [0, 0.05) is 6.42 Å². The van der Waals surface area contributed by atoms with Crippen molar-refractivity contribution in [3.8, 4) is 6.07 Å². The average Bonchev–Trinajstić information content (AvgIpc) is 2.58. The van der Waals surface area contributed by atoms with E-state index >= 15 is 0 Å². The van der Waals surface area contributed by atoms with Crippen LogP contribution < -0.4 is 0 Å². The molecule has 2 aromatic heterocycles. The van der Waals surface area contributed by atoms with Gasteiger partial charge in [0.05, 0.1) is 0 Å². The second-order valence-electron chi connectivity index (χ2n) is 2.59. The number of rotatable bonds is 1. The quantitative estimate of drug-likeness (QED) is 0.657. The Balaban J connectivity index is 2.65. The van der Waals surface area contributed by atoms with Crippen LogP contribution in [-0.4, -0.2) is 9.97 Å². The highest BCUT2D eigenvalue weighted by molar-refractivity contribution is 5.68. The molecule has 0 radical (unpaired) electrons. The second kappa shape index (κ2) is 2.87. The summed E-state index contributed by atoms with van der Waals surface area (Å²) < 4.78 is 5.33. The highest BCUT2D eigenvalue weighted by Gasteiger charge is 2.05. The van der Waals surface area contributed by atoms with Crippen molar-refractivity contribution in [2.75, 3.05) is 0 Å². The molecule has 0 bridgehead atoms. The molecule has 0 aromatic carbocycles. The largest absolute Gasteiger partial charge is 0.439 e. The van der Waals surface area contributed by atoms with Gasteiger partial charge in [-0.2, -0.15) is 10.2 Å². The van der Waals surface area contributed by atoms with E-state index in [1.807, 2.05) is 13.0 Å². The van der Waals surface area contributed by atoms with Crippen molar-refractivity contribution in [2.24, 2.45) is 0 Å². The Kier molecular flexibility index (Phi) is 1.71. The fourth-order valence-electron chi connectivity index (χ4n) is 1.08. The van der Waals surface area contributed by atoms with E-state index in [4.69, 9.17) is 9.68 Å². The maximum atomic E-state index is 8.59. The lowest BCUT2D eigenvalue weighted by Gasteiger charge is -1.84. The molecule has 0 atom stereocenters. The third-order valence-corrected chi connectivity index (χ3v) is 1.71. The van der Waals surface area contributed by atoms with Crippen LogP contribution >= 0.6 is 0 Å². The van der Waals surface area contributed by atoms with Crippen molar-refractivity contribution in [3.63, 3.8) is 0 Å². The van der Waals surface area contributed by atoms with Crippen molar-refractivity contribution in [2.45, 2.75) is 13.3 Å². The van der Waals surface area contributed by atoms with E-state index in [1.54, 1.807) is 12.1 Å². The number of hydrogen-bond donors (Lipinski definition) is 0. The number of hydrogen-bond acceptors (Lipinski definition) is 4. The lowest BCUT2D eigenvalue weighted by Crippen LogP contribution is -1.82. The Morgan fingerprint density at radius 2 is 2.31 bits per heavy atom. The number of fused-ring (bicyclic) bond motifs is 1. The Morgan fingerprint density at radius 1 is 1.46 bits per heavy atom. The van der Waals surface area contributed by atoms with E-state index in [2.05, 4.69) is 9.97 Å². The molecule has 0 aliphatic carbocycles. The molecule has 0 amide bonds. The highest BCUT2D eigenvalue weighted by Crippen LogP contribution is 2.13. The fourth-order valence-corrected chi connectivity index (χ4v) is 1.08. The van der Waals surface area contributed by atoms with E-state index in [0.717, 1.165) is 6.42 Å². The number of nitriles is 1. The standard InChI is InChI=1S/C9H7N3O/c1-2-8-12-9-7(13-8)4-3-6(5-10)11-9/h3-4H,2H2,1H3. The zero-order valence-electron chi connectivity index (χ0n) is 7.11. The average molecular weight is 173 g/mol. The summed E-state index contributed by atoms with van der Waals surface area (Å²) in [6, 6.07) is 5.29. The van der Waals surface area contributed by atoms with Crippen LogP contribution in [0.1, 0.15) is 18.5 Å². The number of pyridine rings is 1. The third-order valence-electron chi connectivity index (χ3n) is 1.71. The molecule has 0 N–H and O–H groups in total. The van der Waals surface area contributed by atoms with Crippen LogP contribution in [0.25, 0.3) is 11.2 Å². The molecule has 0 spiro atoms. The van der Waals surface area contributed by atoms with Gasteiger partial charge >= 0.3 is 0 Å². The summed E-state index contributed by atoms with van der Waals surface area (Å²) >= 11 is 0. The topological polar surface area (TPSA) is 62.7 Å². The first-order valence-electron chi connectivity index (χ1n) is 4.00. The van der Waals surface area contributed by atoms with Gasteiger partial charge in [-0.3, -0.25) is 0 Å². The molecule has 0 unspecified atom stereocenters. The summed E-state index contributed by atoms with van der Waals surface area (Å²) in [6.45, 7) is 1.95. The Labute approximate surface area is 74.8 Å². The van der Waals surface area contributed by atoms with Crippen molar-refractivity contribution in [1.29, 1.82) is 5.26 Å². The molecule has 0 aliphatic rings. The van der Waals surface area contributed by atoms with Crippen molar-refractivity contribution >= 4 is 11.2 Å². The summed E-state index contributed by atoms with van der Waals surface area (Å²) in [5, 5.41) is 8.59. The fraction of sp³-hybridized carbons (Fsp3) is 0.222. The van der Waals surface area contributed by atoms with Gasteiger partial charge in [-0.05, 0) is 12.1 Å². The van der Waals surface area contributed by atoms with Gasteiger partial charge in [-0.25, -0.2) is 4.98 Å². The van der Waals surface area contributed by atoms with Gasteiger partial charge in [-0.15, -0.1) is 0 Å². The molecule has 2 rings (SSSR count). The summed E-state index contributed by atoms with van der Waals surface area (Å²) in [6.07, 6.45) is 0.734. The monoisotopic (exact) mass is 173 g/mol. The molecule has 0 saturated heterocycles. The van der Waals surface area contributed by atoms with E-state index in [0.29, 0.717) is 22.8 Å². The van der Waals surface area contributed by atoms with Crippen LogP contribution in [-0.2, 0) is 6.42 Å². The Hall–Kier alpha value is -1.89. The Morgan fingerprint density at radius 3 is 3.00 bits per heavy atom. The minimum absolute atomic E-state index is 0.364. The molecular weight excluding hydrogens is 166 g/mol. The van der Waals surface area contributed by atoms with Crippen LogP contribution in [0.4, 0.5) is 0 Å². The first kappa shape index (κ1) is 7.74. The summed E-state index contributed by atoms with van der Waals surface area (Å²) in [7, 11) is 0. The minimum atomic E-state index is 0.364. The SMILES string of the molecule is CCc1nc2nc(C#N)ccc2o1. The van der Waals surface area contributed by atoms with Crippen LogP contribution in [0.3, 0.4) is 0 Å². The predicted molar refractivity (Wildman–Crippen MR) is 45.9 cm³/mol. The summed E-state index contributed by atoms with van der Waals surface area (Å²) in [5.74, 6) is 0.651. The normalized spacial score (nSPS) is 10.2. The van der Waals surface area contributed by atoms with E-state index in [9.17, 15) is 0 Å². The first-order valence-corrected chi connectivity index (χ1v) is 4.00. The Bertz CT molecular complexity index is 481. The number of oxazole rings is 1. The number of aromatic nitrogens is 2. The maximum absolute atomic E-state index is 8.59. The molecule has 64 valence electrons. The van der Waals surface area contributed by atoms with E-state index in [-0.39, 0.29) is 0 Å². The minimum Gasteiger partial charge on any atom is -0.439 e. The zero-order valence-corrected chi connectivity index (χ0v) is 7.11. The molecule has 4 heteroatoms. The van der Waals surface area contributed by atoms with Crippen molar-refractivity contribution in [3.05, 3.63) is 23.7 Å². The number of aryl methyl sites for hydroxylation is 1. The highest BCUT2D eigenvalue weighted by atomic mass is 16.3. The second-order valence-corrected chi connectivity index (χ2v) is 2.59. The summed E-state index contributed by atoms with van der Waals surface area (Å²) in [5.41, 5.74) is 1.51. The molecule has 0 saturated carbocycles. The maximum Gasteiger partial charge on any atom is 0.200 e. The lowest BCUT2D eigenvalue weighted by molar-refractivity contribution is 0.538. The zero-order chi connectivity index (χ0) is 9.26. The molecule has 0 fully saturated rings. The lowest BCUT2D eigenvalue weighted by atomic mass is 10.4. The van der Waals surface area contributed by atoms with Crippen LogP contribution in [0.15, 0.2) is 16.5 Å². The molecule has 13 heavy (non-hydrogen) atoms. The van der Waals surface area contributed by atoms with E-state index in [1.165, 1.54) is 0 Å². The van der Waals surface area contributed by atoms with Crippen molar-refractivity contribution in [1.82, 2.24) is 9.97 Å². The molecule has 2 aromatic rings. The molecule has 0 aliphatic heterocycles. The van der Waals surface area contributed by atoms with E-state index < -0.39 is 0 Å². The van der Waals surface area contributed by atoms with Crippen molar-refractivity contribution < 1.29 is 4.42 Å². The van der Waals surface area contributed by atoms with Gasteiger partial charge in [0.1, 0.15) is 11.8 Å². The van der Waals surface area contributed by atoms with Gasteiger partial charge in [0.25, 0.3) is 0 Å².